The zero-order valence-corrected chi connectivity index (χ0v) is 12.2. The molecule has 0 bridgehead atoms. The smallest absolute Gasteiger partial charge is 0.0183 e. The van der Waals surface area contributed by atoms with Gasteiger partial charge in [-0.2, -0.15) is 7.05 Å². The lowest BCUT2D eigenvalue weighted by Crippen LogP contribution is -2.47. The minimum Gasteiger partial charge on any atom is -0.659 e. The molecule has 0 spiro atoms. The van der Waals surface area contributed by atoms with Gasteiger partial charge in [-0.15, -0.1) is 5.54 Å². The Morgan fingerprint density at radius 3 is 2.65 bits per heavy atom. The van der Waals surface area contributed by atoms with Gasteiger partial charge in [-0.3, -0.25) is 0 Å². The zero-order chi connectivity index (χ0) is 12.6. The van der Waals surface area contributed by atoms with Crippen molar-refractivity contribution >= 4 is 0 Å². The van der Waals surface area contributed by atoms with Crippen molar-refractivity contribution in [3.8, 4) is 0 Å². The molecule has 0 aliphatic heterocycles. The molecule has 0 saturated heterocycles. The number of hydrogen-bond acceptors (Lipinski definition) is 0. The van der Waals surface area contributed by atoms with E-state index in [4.69, 9.17) is 5.32 Å². The fourth-order valence-electron chi connectivity index (χ4n) is 4.14. The average Bonchev–Trinajstić information content (AvgIpc) is 2.28. The van der Waals surface area contributed by atoms with Gasteiger partial charge in [-0.1, -0.05) is 45.3 Å². The number of rotatable bonds is 2. The molecule has 2 aliphatic rings. The molecule has 0 heterocycles. The lowest BCUT2D eigenvalue weighted by Gasteiger charge is -2.58. The molecule has 0 aromatic rings. The number of allylic oxidation sites excluding steroid dienone is 2. The Bertz CT molecular complexity index is 305. The van der Waals surface area contributed by atoms with Crippen molar-refractivity contribution in [3.05, 3.63) is 17.0 Å². The number of hydrogen-bond donors (Lipinski definition) is 0. The van der Waals surface area contributed by atoms with E-state index in [-0.39, 0.29) is 5.54 Å². The van der Waals surface area contributed by atoms with Crippen molar-refractivity contribution in [2.75, 3.05) is 7.05 Å². The van der Waals surface area contributed by atoms with Crippen molar-refractivity contribution in [1.29, 1.82) is 0 Å². The molecular weight excluding hydrogens is 206 g/mol. The average molecular weight is 234 g/mol. The Hall–Kier alpha value is -0.300. The van der Waals surface area contributed by atoms with E-state index in [1.807, 2.05) is 7.05 Å². The van der Waals surface area contributed by atoms with Crippen LogP contribution in [-0.2, 0) is 0 Å². The summed E-state index contributed by atoms with van der Waals surface area (Å²) in [5.41, 5.74) is 1.85. The molecule has 2 aliphatic carbocycles. The van der Waals surface area contributed by atoms with E-state index in [1.165, 1.54) is 25.7 Å². The maximum Gasteiger partial charge on any atom is -0.0183 e. The van der Waals surface area contributed by atoms with E-state index in [0.29, 0.717) is 0 Å². The van der Waals surface area contributed by atoms with Crippen molar-refractivity contribution < 1.29 is 0 Å². The second kappa shape index (κ2) is 4.76. The van der Waals surface area contributed by atoms with Crippen LogP contribution in [0.1, 0.15) is 53.4 Å². The van der Waals surface area contributed by atoms with Gasteiger partial charge in [-0.05, 0) is 43.4 Å². The summed E-state index contributed by atoms with van der Waals surface area (Å²) in [4.78, 5) is 0. The Morgan fingerprint density at radius 1 is 1.35 bits per heavy atom. The van der Waals surface area contributed by atoms with Gasteiger partial charge in [0.25, 0.3) is 0 Å². The third-order valence-corrected chi connectivity index (χ3v) is 5.44. The number of fused-ring (bicyclic) bond motifs is 1. The highest BCUT2D eigenvalue weighted by Gasteiger charge is 2.41. The predicted octanol–water partition coefficient (Wildman–Crippen LogP) is 4.79. The molecule has 4 atom stereocenters. The summed E-state index contributed by atoms with van der Waals surface area (Å²) in [5.74, 6) is 3.26. The zero-order valence-electron chi connectivity index (χ0n) is 12.2. The van der Waals surface area contributed by atoms with Crippen molar-refractivity contribution in [1.82, 2.24) is 0 Å². The third kappa shape index (κ3) is 2.31. The normalized spacial score (nSPS) is 42.2. The molecule has 1 saturated carbocycles. The van der Waals surface area contributed by atoms with Crippen LogP contribution in [0.5, 0.6) is 0 Å². The van der Waals surface area contributed by atoms with Crippen LogP contribution < -0.4 is 0 Å². The molecule has 0 radical (unpaired) electrons. The van der Waals surface area contributed by atoms with Crippen LogP contribution in [0.2, 0.25) is 0 Å². The van der Waals surface area contributed by atoms with Gasteiger partial charge in [-0.25, -0.2) is 0 Å². The number of nitrogens with zero attached hydrogens (tertiary/aromatic N) is 1. The fraction of sp³-hybridized carbons (Fsp3) is 0.875. The summed E-state index contributed by atoms with van der Waals surface area (Å²) in [7, 11) is 2.03. The van der Waals surface area contributed by atoms with Gasteiger partial charge in [0, 0.05) is 0 Å². The van der Waals surface area contributed by atoms with Gasteiger partial charge < -0.3 is 5.32 Å². The molecule has 1 heteroatoms. The maximum absolute atomic E-state index is 4.75. The highest BCUT2D eigenvalue weighted by atomic mass is 14.9. The molecular formula is C16H28N-. The van der Waals surface area contributed by atoms with Crippen LogP contribution >= 0.6 is 0 Å². The molecule has 4 unspecified atom stereocenters. The molecule has 1 fully saturated rings. The monoisotopic (exact) mass is 234 g/mol. The van der Waals surface area contributed by atoms with Gasteiger partial charge in [0.05, 0.1) is 0 Å². The van der Waals surface area contributed by atoms with Crippen LogP contribution in [0.3, 0.4) is 0 Å². The first-order valence-electron chi connectivity index (χ1n) is 7.26. The van der Waals surface area contributed by atoms with Gasteiger partial charge in [0.2, 0.25) is 0 Å². The van der Waals surface area contributed by atoms with E-state index in [1.54, 1.807) is 5.57 Å². The molecule has 0 aromatic heterocycles. The van der Waals surface area contributed by atoms with Crippen LogP contribution in [0.4, 0.5) is 0 Å². The van der Waals surface area contributed by atoms with E-state index in [2.05, 4.69) is 33.8 Å². The molecule has 2 rings (SSSR count). The minimum atomic E-state index is 0.243. The van der Waals surface area contributed by atoms with E-state index in [9.17, 15) is 0 Å². The summed E-state index contributed by atoms with van der Waals surface area (Å²) in [6, 6.07) is 0. The summed E-state index contributed by atoms with van der Waals surface area (Å²) in [5, 5.41) is 4.75. The first-order valence-corrected chi connectivity index (χ1v) is 7.26. The fourth-order valence-corrected chi connectivity index (χ4v) is 4.14. The molecule has 98 valence electrons. The summed E-state index contributed by atoms with van der Waals surface area (Å²) < 4.78 is 0. The van der Waals surface area contributed by atoms with Crippen LogP contribution in [0, 0.1) is 23.7 Å². The van der Waals surface area contributed by atoms with Crippen LogP contribution in [-0.4, -0.2) is 12.6 Å². The Balaban J connectivity index is 2.29. The van der Waals surface area contributed by atoms with E-state index < -0.39 is 0 Å². The first-order chi connectivity index (χ1) is 7.98. The molecule has 17 heavy (non-hydrogen) atoms. The minimum absolute atomic E-state index is 0.243. The van der Waals surface area contributed by atoms with E-state index >= 15 is 0 Å². The summed E-state index contributed by atoms with van der Waals surface area (Å²) in [6.45, 7) is 9.48. The SMILES string of the molecule is C[N-]C1(C)CCC(C(C)C)C2C=C(C)CCC21. The standard InChI is InChI=1S/C16H28N/c1-11(2)13-8-9-16(4,17-5)15-7-6-12(3)10-14(13)15/h10-11,13-15H,6-9H2,1-5H3/q-1. The molecule has 0 N–H and O–H groups in total. The van der Waals surface area contributed by atoms with E-state index in [0.717, 1.165) is 23.7 Å². The molecule has 0 aromatic carbocycles. The van der Waals surface area contributed by atoms with Crippen molar-refractivity contribution in [2.45, 2.75) is 58.9 Å². The Morgan fingerprint density at radius 2 is 2.06 bits per heavy atom. The quantitative estimate of drug-likeness (QED) is 0.610. The maximum atomic E-state index is 4.75. The molecule has 0 amide bonds. The Kier molecular flexibility index (Phi) is 3.68. The van der Waals surface area contributed by atoms with Crippen molar-refractivity contribution in [2.24, 2.45) is 23.7 Å². The summed E-state index contributed by atoms with van der Waals surface area (Å²) >= 11 is 0. The van der Waals surface area contributed by atoms with Crippen LogP contribution in [0.15, 0.2) is 11.6 Å². The highest BCUT2D eigenvalue weighted by molar-refractivity contribution is 5.19. The van der Waals surface area contributed by atoms with Gasteiger partial charge >= 0.3 is 0 Å². The van der Waals surface area contributed by atoms with Crippen molar-refractivity contribution in [3.63, 3.8) is 0 Å². The topological polar surface area (TPSA) is 14.1 Å². The second-order valence-electron chi connectivity index (χ2n) is 6.76. The van der Waals surface area contributed by atoms with Gasteiger partial charge in [0.15, 0.2) is 0 Å². The largest absolute Gasteiger partial charge is 0.659 e. The first kappa shape index (κ1) is 13.1. The lowest BCUT2D eigenvalue weighted by atomic mass is 9.57. The van der Waals surface area contributed by atoms with Gasteiger partial charge in [0.1, 0.15) is 0 Å². The van der Waals surface area contributed by atoms with Crippen LogP contribution in [0.25, 0.3) is 5.32 Å². The predicted molar refractivity (Wildman–Crippen MR) is 75.2 cm³/mol. The Labute approximate surface area is 107 Å². The summed E-state index contributed by atoms with van der Waals surface area (Å²) in [6.07, 6.45) is 7.87. The highest BCUT2D eigenvalue weighted by Crippen LogP contribution is 2.52. The third-order valence-electron chi connectivity index (χ3n) is 5.44. The molecule has 1 nitrogen and oxygen atoms in total. The second-order valence-corrected chi connectivity index (χ2v) is 6.76. The lowest BCUT2D eigenvalue weighted by molar-refractivity contribution is 0.0823.